The Morgan fingerprint density at radius 3 is 1.39 bits per heavy atom. The van der Waals surface area contributed by atoms with Gasteiger partial charge in [-0.2, -0.15) is 0 Å². The van der Waals surface area contributed by atoms with Crippen LogP contribution in [0.2, 0.25) is 0 Å². The third kappa shape index (κ3) is 2.60. The molecule has 0 saturated carbocycles. The summed E-state index contributed by atoms with van der Waals surface area (Å²) >= 11 is 1.60. The Labute approximate surface area is 180 Å². The summed E-state index contributed by atoms with van der Waals surface area (Å²) in [6.45, 7) is 0. The monoisotopic (exact) mass is 492 g/mol. The summed E-state index contributed by atoms with van der Waals surface area (Å²) in [5.41, 5.74) is 6.04. The van der Waals surface area contributed by atoms with Crippen LogP contribution in [0.3, 0.4) is 0 Å². The number of benzene rings is 4. The number of rotatable bonds is 1. The molecule has 0 aliphatic carbocycles. The summed E-state index contributed by atoms with van der Waals surface area (Å²) in [6, 6.07) is 36.4. The normalized spacial score (nSPS) is 15.3. The van der Waals surface area contributed by atoms with E-state index < -0.39 is 0 Å². The van der Waals surface area contributed by atoms with E-state index in [9.17, 15) is 0 Å². The van der Waals surface area contributed by atoms with Crippen molar-refractivity contribution in [1.82, 2.24) is 0 Å². The average molecular weight is 490 g/mol. The second-order valence-electron chi connectivity index (χ2n) is 7.31. The summed E-state index contributed by atoms with van der Waals surface area (Å²) in [7, 11) is 0. The van der Waals surface area contributed by atoms with Crippen LogP contribution >= 0.6 is 11.8 Å². The van der Waals surface area contributed by atoms with Crippen molar-refractivity contribution in [1.29, 1.82) is 0 Å². The second-order valence-corrected chi connectivity index (χ2v) is 11.5. The van der Waals surface area contributed by atoms with Gasteiger partial charge in [-0.15, -0.1) is 0 Å². The van der Waals surface area contributed by atoms with Crippen LogP contribution < -0.4 is 7.22 Å². The molecule has 4 aromatic rings. The van der Waals surface area contributed by atoms with E-state index in [1.165, 1.54) is 20.9 Å². The van der Waals surface area contributed by atoms with Crippen molar-refractivity contribution in [3.8, 4) is 0 Å². The Balaban J connectivity index is 1.66. The van der Waals surface area contributed by atoms with Gasteiger partial charge in [-0.25, -0.2) is 0 Å². The Kier molecular flexibility index (Phi) is 4.12. The zero-order valence-corrected chi connectivity index (χ0v) is 18.4. The summed E-state index contributed by atoms with van der Waals surface area (Å²) in [6.07, 6.45) is 0. The van der Waals surface area contributed by atoms with Crippen LogP contribution in [0.25, 0.3) is 0 Å². The first-order valence-corrected chi connectivity index (χ1v) is 12.8. The molecule has 0 aromatic heterocycles. The number of hydrogen-bond donors (Lipinski definition) is 0. The fourth-order valence-electron chi connectivity index (χ4n) is 4.61. The number of hydrogen-bond acceptors (Lipinski definition) is 1. The van der Waals surface area contributed by atoms with Gasteiger partial charge in [-0.3, -0.25) is 0 Å². The van der Waals surface area contributed by atoms with Gasteiger partial charge in [0.05, 0.1) is 0 Å². The van der Waals surface area contributed by atoms with Crippen LogP contribution in [-0.2, 0) is 0 Å². The minimum atomic E-state index is -0.325. The Bertz CT molecular complexity index is 1010. The molecule has 0 radical (unpaired) electrons. The first kappa shape index (κ1) is 16.9. The summed E-state index contributed by atoms with van der Waals surface area (Å²) in [5.74, 6) is 0.748. The van der Waals surface area contributed by atoms with Gasteiger partial charge in [-0.1, -0.05) is 0 Å². The molecule has 134 valence electrons. The van der Waals surface area contributed by atoms with Gasteiger partial charge >= 0.3 is 181 Å². The Morgan fingerprint density at radius 2 is 0.857 bits per heavy atom. The van der Waals surface area contributed by atoms with Crippen molar-refractivity contribution < 1.29 is 0 Å². The maximum absolute atomic E-state index is 2.38. The fourth-order valence-corrected chi connectivity index (χ4v) is 9.07. The second kappa shape index (κ2) is 6.82. The van der Waals surface area contributed by atoms with Gasteiger partial charge in [0, 0.05) is 0 Å². The Hall–Kier alpha value is -1.98. The molecule has 2 aliphatic heterocycles. The molecule has 6 rings (SSSR count). The molecule has 0 N–H and O–H groups in total. The average Bonchev–Trinajstić information content (AvgIpc) is 2.76. The molecule has 28 heavy (non-hydrogen) atoms. The molecule has 0 fully saturated rings. The van der Waals surface area contributed by atoms with Crippen LogP contribution in [0.4, 0.5) is 0 Å². The SMILES string of the molecule is c1ccc2c(c1)Sc1ccccc1C2C1c2ccccc2[Te]c2ccccc21. The van der Waals surface area contributed by atoms with Crippen LogP contribution in [0, 0.1) is 0 Å². The van der Waals surface area contributed by atoms with E-state index in [0.29, 0.717) is 11.8 Å². The molecule has 0 saturated heterocycles. The van der Waals surface area contributed by atoms with Gasteiger partial charge in [0.2, 0.25) is 0 Å². The Morgan fingerprint density at radius 1 is 0.464 bits per heavy atom. The van der Waals surface area contributed by atoms with Crippen LogP contribution in [0.1, 0.15) is 34.1 Å². The van der Waals surface area contributed by atoms with E-state index in [4.69, 9.17) is 0 Å². The van der Waals surface area contributed by atoms with Crippen molar-refractivity contribution >= 4 is 39.9 Å². The molecule has 2 heterocycles. The molecule has 4 aromatic carbocycles. The molecule has 0 unspecified atom stereocenters. The molecule has 2 heteroatoms. The number of fused-ring (bicyclic) bond motifs is 4. The molecular weight excluding hydrogens is 472 g/mol. The standard InChI is InChI=1S/C26H18STe/c1-5-13-21-17(9-1)25(18-10-2-6-14-22(18)27-21)26-19-11-3-7-15-23(19)28-24-16-8-4-12-20(24)26/h1-16,25-26H. The predicted octanol–water partition coefficient (Wildman–Crippen LogP) is 5.08. The van der Waals surface area contributed by atoms with E-state index in [2.05, 4.69) is 97.1 Å². The first-order valence-electron chi connectivity index (χ1n) is 9.61. The molecule has 0 atom stereocenters. The van der Waals surface area contributed by atoms with Crippen molar-refractivity contribution in [3.05, 3.63) is 119 Å². The third-order valence-corrected chi connectivity index (χ3v) is 10.4. The van der Waals surface area contributed by atoms with Gasteiger partial charge in [-0.05, 0) is 0 Å². The van der Waals surface area contributed by atoms with Crippen LogP contribution in [0.15, 0.2) is 107 Å². The summed E-state index contributed by atoms with van der Waals surface area (Å²) < 4.78 is 3.20. The zero-order chi connectivity index (χ0) is 18.5. The van der Waals surface area contributed by atoms with E-state index >= 15 is 0 Å². The predicted molar refractivity (Wildman–Crippen MR) is 119 cm³/mol. The van der Waals surface area contributed by atoms with E-state index in [0.717, 1.165) is 0 Å². The van der Waals surface area contributed by atoms with Crippen molar-refractivity contribution in [2.75, 3.05) is 0 Å². The molecular formula is C26H18STe. The molecule has 0 nitrogen and oxygen atoms in total. The molecule has 0 spiro atoms. The van der Waals surface area contributed by atoms with Gasteiger partial charge in [0.1, 0.15) is 0 Å². The third-order valence-electron chi connectivity index (χ3n) is 5.79. The van der Waals surface area contributed by atoms with E-state index in [1.54, 1.807) is 18.3 Å². The first-order chi connectivity index (χ1) is 13.9. The maximum atomic E-state index is 2.38. The van der Waals surface area contributed by atoms with Gasteiger partial charge < -0.3 is 0 Å². The fraction of sp³-hybridized carbons (Fsp3) is 0.0769. The van der Waals surface area contributed by atoms with Crippen molar-refractivity contribution in [2.24, 2.45) is 0 Å². The molecule has 2 aliphatic rings. The van der Waals surface area contributed by atoms with Gasteiger partial charge in [0.15, 0.2) is 0 Å². The van der Waals surface area contributed by atoms with Crippen molar-refractivity contribution in [2.45, 2.75) is 21.6 Å². The van der Waals surface area contributed by atoms with E-state index in [1.807, 2.05) is 11.8 Å². The minimum absolute atomic E-state index is 0.325. The van der Waals surface area contributed by atoms with E-state index in [-0.39, 0.29) is 20.9 Å². The summed E-state index contributed by atoms with van der Waals surface area (Å²) in [5, 5.41) is 0. The van der Waals surface area contributed by atoms with Crippen molar-refractivity contribution in [3.63, 3.8) is 0 Å². The van der Waals surface area contributed by atoms with Gasteiger partial charge in [0.25, 0.3) is 0 Å². The molecule has 0 amide bonds. The van der Waals surface area contributed by atoms with Crippen LogP contribution in [-0.4, -0.2) is 20.9 Å². The topological polar surface area (TPSA) is 0 Å². The quantitative estimate of drug-likeness (QED) is 0.336. The van der Waals surface area contributed by atoms with Crippen LogP contribution in [0.5, 0.6) is 0 Å². The summed E-state index contributed by atoms with van der Waals surface area (Å²) in [4.78, 5) is 2.81. The molecule has 0 bridgehead atoms. The zero-order valence-electron chi connectivity index (χ0n) is 15.2.